The van der Waals surface area contributed by atoms with Crippen molar-refractivity contribution in [2.24, 2.45) is 0 Å². The molecule has 0 unspecified atom stereocenters. The molecular weight excluding hydrogens is 245 g/mol. The first-order valence-electron chi connectivity index (χ1n) is 3.65. The molecule has 0 heterocycles. The van der Waals surface area contributed by atoms with Gasteiger partial charge in [-0.15, -0.1) is 0 Å². The molecule has 0 aliphatic rings. The quantitative estimate of drug-likeness (QED) is 0.528. The van der Waals surface area contributed by atoms with Crippen molar-refractivity contribution in [3.8, 4) is 0 Å². The average Bonchev–Trinajstić information content (AvgIpc) is 2.24. The summed E-state index contributed by atoms with van der Waals surface area (Å²) in [5, 5.41) is 1.14. The van der Waals surface area contributed by atoms with E-state index in [1.807, 2.05) is 0 Å². The van der Waals surface area contributed by atoms with Crippen molar-refractivity contribution in [3.63, 3.8) is 0 Å². The zero-order valence-electron chi connectivity index (χ0n) is 8.55. The molecule has 0 spiro atoms. The Morgan fingerprint density at radius 3 is 2.29 bits per heavy atom. The summed E-state index contributed by atoms with van der Waals surface area (Å²) < 4.78 is 10.0. The van der Waals surface area contributed by atoms with E-state index in [1.54, 1.807) is 0 Å². The first-order valence-corrected chi connectivity index (χ1v) is 7.88. The van der Waals surface area contributed by atoms with Gasteiger partial charge in [-0.1, -0.05) is 11.4 Å². The van der Waals surface area contributed by atoms with Crippen LogP contribution < -0.4 is 0 Å². The van der Waals surface area contributed by atoms with Crippen molar-refractivity contribution in [1.82, 2.24) is 5.06 Å². The van der Waals surface area contributed by atoms with E-state index >= 15 is 0 Å². The van der Waals surface area contributed by atoms with Crippen molar-refractivity contribution in [3.05, 3.63) is 0 Å². The summed E-state index contributed by atoms with van der Waals surface area (Å²) in [7, 11) is 5.90. The largest absolute Gasteiger partial charge is 0.325 e. The van der Waals surface area contributed by atoms with Crippen LogP contribution in [0.4, 0.5) is 0 Å². The highest BCUT2D eigenvalue weighted by Gasteiger charge is 2.19. The predicted molar refractivity (Wildman–Crippen MR) is 60.5 cm³/mol. The summed E-state index contributed by atoms with van der Waals surface area (Å²) >= 11 is 6.25. The van der Waals surface area contributed by atoms with E-state index in [2.05, 4.69) is 0 Å². The molecule has 5 nitrogen and oxygen atoms in total. The third-order valence-electron chi connectivity index (χ3n) is 1.42. The van der Waals surface area contributed by atoms with Crippen LogP contribution in [0.15, 0.2) is 0 Å². The Labute approximate surface area is 92.9 Å². The van der Waals surface area contributed by atoms with Gasteiger partial charge >= 0.3 is 0 Å². The minimum absolute atomic E-state index is 0.180. The number of nitrogens with zero attached hydrogens (tertiary/aromatic N) is 1. The molecule has 0 rings (SSSR count). The average molecular weight is 259 g/mol. The molecule has 0 aliphatic carbocycles. The van der Waals surface area contributed by atoms with Gasteiger partial charge in [0.2, 0.25) is 5.69 Å². The second-order valence-electron chi connectivity index (χ2n) is 2.16. The third kappa shape index (κ3) is 4.72. The number of hydrogen-bond donors (Lipinski definition) is 0. The summed E-state index contributed by atoms with van der Waals surface area (Å²) in [5.74, 6) is 0.00404. The molecule has 0 saturated carbocycles. The normalized spacial score (nSPS) is 11.4. The molecule has 0 N–H and O–H groups in total. The van der Waals surface area contributed by atoms with Gasteiger partial charge in [0.25, 0.3) is 5.91 Å². The van der Waals surface area contributed by atoms with E-state index in [0.29, 0.717) is 0 Å². The van der Waals surface area contributed by atoms with E-state index in [0.717, 1.165) is 5.06 Å². The lowest BCUT2D eigenvalue weighted by atomic mass is 10.7. The van der Waals surface area contributed by atoms with Gasteiger partial charge in [-0.2, -0.15) is 0 Å². The lowest BCUT2D eigenvalue weighted by Gasteiger charge is -2.18. The van der Waals surface area contributed by atoms with Crippen LogP contribution in [0.2, 0.25) is 0 Å². The molecule has 0 bridgehead atoms. The molecule has 8 heteroatoms. The number of amides is 1. The van der Waals surface area contributed by atoms with Crippen LogP contribution in [0.5, 0.6) is 0 Å². The summed E-state index contributed by atoms with van der Waals surface area (Å²) in [4.78, 5) is 16.0. The Hall–Kier alpha value is 0.350. The van der Waals surface area contributed by atoms with E-state index in [4.69, 9.17) is 25.7 Å². The molecule has 0 aromatic heterocycles. The second-order valence-corrected chi connectivity index (χ2v) is 8.68. The Morgan fingerprint density at radius 1 is 1.43 bits per heavy atom. The van der Waals surface area contributed by atoms with Crippen molar-refractivity contribution < 1.29 is 18.7 Å². The van der Waals surface area contributed by atoms with Crippen LogP contribution in [0.25, 0.3) is 0 Å². The third-order valence-corrected chi connectivity index (χ3v) is 7.08. The highest BCUT2D eigenvalue weighted by atomic mass is 32.9. The number of carbonyl (C=O) groups is 1. The number of rotatable bonds is 6. The molecule has 0 fully saturated rings. The maximum Gasteiger partial charge on any atom is 0.256 e. The fraction of sp³-hybridized carbons (Fsp3) is 0.833. The summed E-state index contributed by atoms with van der Waals surface area (Å²) in [5.41, 5.74) is -2.34. The number of hydrogen-bond acceptors (Lipinski definition) is 6. The van der Waals surface area contributed by atoms with Gasteiger partial charge in [0.15, 0.2) is 0 Å². The van der Waals surface area contributed by atoms with Crippen LogP contribution in [0, 0.1) is 0 Å². The summed E-state index contributed by atoms with van der Waals surface area (Å²) in [6.45, 7) is 0. The van der Waals surface area contributed by atoms with E-state index in [1.165, 1.54) is 39.8 Å². The van der Waals surface area contributed by atoms with Gasteiger partial charge in [-0.05, 0) is 11.8 Å². The molecule has 0 aromatic carbocycles. The van der Waals surface area contributed by atoms with Gasteiger partial charge in [-0.3, -0.25) is 9.63 Å². The molecule has 14 heavy (non-hydrogen) atoms. The summed E-state index contributed by atoms with van der Waals surface area (Å²) in [6.07, 6.45) is 0. The zero-order valence-corrected chi connectivity index (χ0v) is 11.1. The first kappa shape index (κ1) is 14.3. The van der Waals surface area contributed by atoms with Crippen molar-refractivity contribution in [2.75, 3.05) is 34.1 Å². The highest BCUT2D eigenvalue weighted by Crippen LogP contribution is 2.59. The first-order chi connectivity index (χ1) is 6.49. The van der Waals surface area contributed by atoms with E-state index < -0.39 is 5.69 Å². The highest BCUT2D eigenvalue weighted by molar-refractivity contribution is 8.68. The fourth-order valence-corrected chi connectivity index (χ4v) is 3.23. The zero-order chi connectivity index (χ0) is 11.2. The van der Waals surface area contributed by atoms with Crippen LogP contribution in [-0.2, 0) is 30.5 Å². The molecule has 84 valence electrons. The molecule has 1 amide bonds. The minimum Gasteiger partial charge on any atom is -0.325 e. The standard InChI is InChI=1S/C6H14NO4PS2/c1-7(9-2)6(8)5-14-12(13,10-3)11-4/h5H2,1-4H3. The predicted octanol–water partition coefficient (Wildman–Crippen LogP) is 1.26. The van der Waals surface area contributed by atoms with E-state index in [9.17, 15) is 4.79 Å². The van der Waals surface area contributed by atoms with Crippen LogP contribution in [-0.4, -0.2) is 45.1 Å². The molecule has 0 aromatic rings. The molecular formula is C6H14NO4PS2. The molecule has 0 aliphatic heterocycles. The Bertz CT molecular complexity index is 230. The smallest absolute Gasteiger partial charge is 0.256 e. The van der Waals surface area contributed by atoms with Gasteiger partial charge in [-0.25, -0.2) is 5.06 Å². The minimum atomic E-state index is -2.34. The Balaban J connectivity index is 4.05. The summed E-state index contributed by atoms with van der Waals surface area (Å²) in [6, 6.07) is 0. The maximum atomic E-state index is 11.3. The van der Waals surface area contributed by atoms with Crippen LogP contribution >= 0.6 is 17.1 Å². The molecule has 0 radical (unpaired) electrons. The van der Waals surface area contributed by atoms with E-state index in [-0.39, 0.29) is 11.7 Å². The van der Waals surface area contributed by atoms with Gasteiger partial charge in [0.1, 0.15) is 0 Å². The van der Waals surface area contributed by atoms with Gasteiger partial charge in [0, 0.05) is 21.3 Å². The lowest BCUT2D eigenvalue weighted by molar-refractivity contribution is -0.165. The van der Waals surface area contributed by atoms with Crippen molar-refractivity contribution in [1.29, 1.82) is 0 Å². The SMILES string of the molecule is CON(C)C(=O)CSP(=S)(OC)OC. The monoisotopic (exact) mass is 259 g/mol. The second kappa shape index (κ2) is 6.76. The van der Waals surface area contributed by atoms with Crippen LogP contribution in [0.1, 0.15) is 0 Å². The van der Waals surface area contributed by atoms with Gasteiger partial charge < -0.3 is 9.05 Å². The number of carbonyl (C=O) groups excluding carboxylic acids is 1. The van der Waals surface area contributed by atoms with Crippen LogP contribution in [0.3, 0.4) is 0 Å². The maximum absolute atomic E-state index is 11.3. The van der Waals surface area contributed by atoms with Crippen molar-refractivity contribution >= 4 is 34.8 Å². The fourth-order valence-electron chi connectivity index (χ4n) is 0.507. The molecule has 0 atom stereocenters. The van der Waals surface area contributed by atoms with Crippen molar-refractivity contribution in [2.45, 2.75) is 0 Å². The lowest BCUT2D eigenvalue weighted by Crippen LogP contribution is -2.26. The van der Waals surface area contributed by atoms with Gasteiger partial charge in [0.05, 0.1) is 12.9 Å². The topological polar surface area (TPSA) is 48.0 Å². The Kier molecular flexibility index (Phi) is 6.93. The molecule has 0 saturated heterocycles. The number of hydroxylamine groups is 2. The Morgan fingerprint density at radius 2 is 1.93 bits per heavy atom.